The third-order valence-electron chi connectivity index (χ3n) is 4.94. The Morgan fingerprint density at radius 2 is 1.79 bits per heavy atom. The first kappa shape index (κ1) is 21.6. The van der Waals surface area contributed by atoms with Crippen molar-refractivity contribution >= 4 is 28.6 Å². The van der Waals surface area contributed by atoms with Gasteiger partial charge in [-0.1, -0.05) is 24.3 Å². The Bertz CT molecular complexity index is 861. The van der Waals surface area contributed by atoms with E-state index in [1.54, 1.807) is 29.8 Å². The van der Waals surface area contributed by atoms with Crippen LogP contribution in [0.4, 0.5) is 0 Å². The van der Waals surface area contributed by atoms with Gasteiger partial charge in [-0.3, -0.25) is 9.69 Å². The number of carbonyl (C=O) groups excluding carboxylic acids is 1. The smallest absolute Gasteiger partial charge is 0.234 e. The summed E-state index contributed by atoms with van der Waals surface area (Å²) in [6, 6.07) is 16.7. The van der Waals surface area contributed by atoms with Crippen LogP contribution in [0.5, 0.6) is 5.75 Å². The van der Waals surface area contributed by atoms with Crippen molar-refractivity contribution in [3.63, 3.8) is 0 Å². The largest absolute Gasteiger partial charge is 0.497 e. The van der Waals surface area contributed by atoms with Crippen molar-refractivity contribution in [2.24, 2.45) is 0 Å². The second kappa shape index (κ2) is 10.6. The van der Waals surface area contributed by atoms with E-state index in [-0.39, 0.29) is 18.0 Å². The number of hydrogen-bond acceptors (Lipinski definition) is 5. The lowest BCUT2D eigenvalue weighted by Crippen LogP contribution is -2.42. The highest BCUT2D eigenvalue weighted by Crippen LogP contribution is 2.20. The van der Waals surface area contributed by atoms with Crippen LogP contribution in [0.2, 0.25) is 0 Å². The normalized spacial score (nSPS) is 13.2. The molecular formula is C23H28N2O2S2. The van der Waals surface area contributed by atoms with Crippen molar-refractivity contribution in [3.8, 4) is 5.75 Å². The van der Waals surface area contributed by atoms with Crippen LogP contribution in [-0.4, -0.2) is 30.5 Å². The van der Waals surface area contributed by atoms with Gasteiger partial charge in [-0.2, -0.15) is 0 Å². The van der Waals surface area contributed by atoms with Gasteiger partial charge in [0.2, 0.25) is 5.91 Å². The van der Waals surface area contributed by atoms with Gasteiger partial charge < -0.3 is 10.1 Å². The highest BCUT2D eigenvalue weighted by molar-refractivity contribution is 7.10. The summed E-state index contributed by atoms with van der Waals surface area (Å²) in [7, 11) is 1.67. The van der Waals surface area contributed by atoms with Crippen molar-refractivity contribution in [2.75, 3.05) is 13.7 Å². The Balaban J connectivity index is 1.67. The van der Waals surface area contributed by atoms with Gasteiger partial charge >= 0.3 is 0 Å². The Labute approximate surface area is 181 Å². The first-order valence-electron chi connectivity index (χ1n) is 9.77. The first-order chi connectivity index (χ1) is 14.0. The van der Waals surface area contributed by atoms with Gasteiger partial charge in [-0.15, -0.1) is 22.7 Å². The SMILES string of the molecule is COc1ccc(CN(CC(=O)NC(C)c2cccs2)C(C)Cc2cccs2)cc1. The molecular weight excluding hydrogens is 400 g/mol. The van der Waals surface area contributed by atoms with Gasteiger partial charge in [-0.25, -0.2) is 0 Å². The molecule has 0 aliphatic carbocycles. The zero-order chi connectivity index (χ0) is 20.6. The second-order valence-corrected chi connectivity index (χ2v) is 9.20. The summed E-state index contributed by atoms with van der Waals surface area (Å²) in [6.45, 7) is 5.32. The molecule has 6 heteroatoms. The van der Waals surface area contributed by atoms with Gasteiger partial charge in [0.1, 0.15) is 5.75 Å². The van der Waals surface area contributed by atoms with Gasteiger partial charge in [-0.05, 0) is 60.9 Å². The minimum atomic E-state index is 0.0259. The predicted molar refractivity (Wildman–Crippen MR) is 122 cm³/mol. The quantitative estimate of drug-likeness (QED) is 0.487. The number of benzene rings is 1. The number of ether oxygens (including phenoxy) is 1. The summed E-state index contributed by atoms with van der Waals surface area (Å²) < 4.78 is 5.26. The highest BCUT2D eigenvalue weighted by atomic mass is 32.1. The van der Waals surface area contributed by atoms with Crippen molar-refractivity contribution in [3.05, 3.63) is 74.6 Å². The molecule has 3 rings (SSSR count). The summed E-state index contributed by atoms with van der Waals surface area (Å²) in [5.41, 5.74) is 1.17. The molecule has 2 aromatic heterocycles. The number of amides is 1. The molecule has 0 spiro atoms. The molecule has 4 nitrogen and oxygen atoms in total. The summed E-state index contributed by atoms with van der Waals surface area (Å²) in [6.07, 6.45) is 0.932. The van der Waals surface area contributed by atoms with Gasteiger partial charge in [0, 0.05) is 22.3 Å². The number of nitrogens with one attached hydrogen (secondary N) is 1. The molecule has 2 atom stereocenters. The Morgan fingerprint density at radius 3 is 2.41 bits per heavy atom. The maximum absolute atomic E-state index is 12.8. The van der Waals surface area contributed by atoms with Crippen LogP contribution in [0.25, 0.3) is 0 Å². The number of carbonyl (C=O) groups is 1. The average Bonchev–Trinajstić information content (AvgIpc) is 3.42. The molecule has 3 aromatic rings. The molecule has 154 valence electrons. The molecule has 0 aliphatic heterocycles. The van der Waals surface area contributed by atoms with E-state index in [1.807, 2.05) is 30.5 Å². The van der Waals surface area contributed by atoms with Crippen LogP contribution in [-0.2, 0) is 17.8 Å². The molecule has 0 saturated heterocycles. The van der Waals surface area contributed by atoms with Crippen molar-refractivity contribution in [1.82, 2.24) is 10.2 Å². The van der Waals surface area contributed by atoms with Crippen LogP contribution in [0, 0.1) is 0 Å². The van der Waals surface area contributed by atoms with E-state index in [2.05, 4.69) is 52.9 Å². The van der Waals surface area contributed by atoms with E-state index in [0.29, 0.717) is 6.54 Å². The van der Waals surface area contributed by atoms with Crippen LogP contribution in [0.15, 0.2) is 59.3 Å². The monoisotopic (exact) mass is 428 g/mol. The molecule has 0 saturated carbocycles. The highest BCUT2D eigenvalue weighted by Gasteiger charge is 2.20. The molecule has 29 heavy (non-hydrogen) atoms. The van der Waals surface area contributed by atoms with E-state index < -0.39 is 0 Å². The van der Waals surface area contributed by atoms with Crippen molar-refractivity contribution in [2.45, 2.75) is 38.9 Å². The van der Waals surface area contributed by atoms with Gasteiger partial charge in [0.25, 0.3) is 0 Å². The Kier molecular flexibility index (Phi) is 7.86. The van der Waals surface area contributed by atoms with Crippen molar-refractivity contribution < 1.29 is 9.53 Å². The maximum Gasteiger partial charge on any atom is 0.234 e. The third-order valence-corrected chi connectivity index (χ3v) is 6.89. The molecule has 0 bridgehead atoms. The zero-order valence-corrected chi connectivity index (χ0v) is 18.8. The Morgan fingerprint density at radius 1 is 1.07 bits per heavy atom. The van der Waals surface area contributed by atoms with Crippen LogP contribution < -0.4 is 10.1 Å². The van der Waals surface area contributed by atoms with Crippen LogP contribution in [0.3, 0.4) is 0 Å². The van der Waals surface area contributed by atoms with E-state index in [0.717, 1.165) is 18.7 Å². The standard InChI is InChI=1S/C23H28N2O2S2/c1-17(14-21-6-4-12-28-21)25(15-19-8-10-20(27-3)11-9-19)16-23(26)24-18(2)22-7-5-13-29-22/h4-13,17-18H,14-16H2,1-3H3,(H,24,26). The van der Waals surface area contributed by atoms with Crippen LogP contribution in [0.1, 0.15) is 35.2 Å². The summed E-state index contributed by atoms with van der Waals surface area (Å²) in [5, 5.41) is 7.28. The average molecular weight is 429 g/mol. The zero-order valence-electron chi connectivity index (χ0n) is 17.1. The summed E-state index contributed by atoms with van der Waals surface area (Å²) in [4.78, 5) is 17.5. The lowest BCUT2D eigenvalue weighted by atomic mass is 10.1. The van der Waals surface area contributed by atoms with E-state index in [9.17, 15) is 4.79 Å². The molecule has 2 heterocycles. The number of methoxy groups -OCH3 is 1. The molecule has 1 aromatic carbocycles. The Hall–Kier alpha value is -2.15. The van der Waals surface area contributed by atoms with Crippen LogP contribution >= 0.6 is 22.7 Å². The second-order valence-electron chi connectivity index (χ2n) is 7.19. The number of rotatable bonds is 10. The molecule has 2 unspecified atom stereocenters. The first-order valence-corrected chi connectivity index (χ1v) is 11.5. The minimum Gasteiger partial charge on any atom is -0.497 e. The summed E-state index contributed by atoms with van der Waals surface area (Å²) in [5.74, 6) is 0.895. The topological polar surface area (TPSA) is 41.6 Å². The molecule has 0 aliphatic rings. The molecule has 1 N–H and O–H groups in total. The minimum absolute atomic E-state index is 0.0259. The number of nitrogens with zero attached hydrogens (tertiary/aromatic N) is 1. The lowest BCUT2D eigenvalue weighted by Gasteiger charge is -2.29. The number of hydrogen-bond donors (Lipinski definition) is 1. The molecule has 0 fully saturated rings. The molecule has 0 radical (unpaired) electrons. The summed E-state index contributed by atoms with van der Waals surface area (Å²) >= 11 is 3.43. The van der Waals surface area contributed by atoms with E-state index >= 15 is 0 Å². The van der Waals surface area contributed by atoms with E-state index in [4.69, 9.17) is 4.74 Å². The fraction of sp³-hybridized carbons (Fsp3) is 0.348. The predicted octanol–water partition coefficient (Wildman–Crippen LogP) is 5.13. The van der Waals surface area contributed by atoms with Gasteiger partial charge in [0.15, 0.2) is 0 Å². The fourth-order valence-corrected chi connectivity index (χ4v) is 4.82. The van der Waals surface area contributed by atoms with E-state index in [1.165, 1.54) is 15.3 Å². The fourth-order valence-electron chi connectivity index (χ4n) is 3.26. The van der Waals surface area contributed by atoms with Crippen molar-refractivity contribution in [1.29, 1.82) is 0 Å². The lowest BCUT2D eigenvalue weighted by molar-refractivity contribution is -0.123. The third kappa shape index (κ3) is 6.42. The van der Waals surface area contributed by atoms with Gasteiger partial charge in [0.05, 0.1) is 19.7 Å². The maximum atomic E-state index is 12.8. The molecule has 1 amide bonds. The number of thiophene rings is 2.